The Morgan fingerprint density at radius 3 is 1.12 bits per heavy atom. The lowest BCUT2D eigenvalue weighted by atomic mass is 10.1. The van der Waals surface area contributed by atoms with Crippen LogP contribution >= 0.6 is 24.8 Å². The maximum Gasteiger partial charge on any atom is 0.164 e. The highest BCUT2D eigenvalue weighted by molar-refractivity contribution is 5.85. The molecule has 0 radical (unpaired) electrons. The molecule has 276 valence electrons. The third-order valence-electron chi connectivity index (χ3n) is 9.11. The first-order valence-corrected chi connectivity index (χ1v) is 16.7. The molecule has 6 rings (SSSR count). The van der Waals surface area contributed by atoms with Gasteiger partial charge in [0.1, 0.15) is 35.9 Å². The van der Waals surface area contributed by atoms with Crippen molar-refractivity contribution in [1.29, 1.82) is 0 Å². The fourth-order valence-electron chi connectivity index (χ4n) is 7.04. The second-order valence-corrected chi connectivity index (χ2v) is 14.1. The molecule has 0 amide bonds. The number of ether oxygens (including phenoxy) is 6. The number of aliphatic hydroxyl groups excluding tert-OH is 4. The van der Waals surface area contributed by atoms with E-state index in [0.29, 0.717) is 58.9 Å². The molecule has 0 saturated carbocycles. The molecule has 4 heterocycles. The van der Waals surface area contributed by atoms with Gasteiger partial charge in [0.25, 0.3) is 0 Å². The second kappa shape index (κ2) is 16.7. The zero-order chi connectivity index (χ0) is 33.3. The molecule has 4 aliphatic rings. The Bertz CT molecular complexity index is 1180. The highest BCUT2D eigenvalue weighted by Gasteiger charge is 2.51. The molecule has 8 atom stereocenters. The summed E-state index contributed by atoms with van der Waals surface area (Å²) in [5, 5.41) is 42.9. The minimum absolute atomic E-state index is 0. The molecule has 2 aromatic rings. The molecule has 12 nitrogen and oxygen atoms in total. The second-order valence-electron chi connectivity index (χ2n) is 14.1. The average Bonchev–Trinajstić information content (AvgIpc) is 3.47. The summed E-state index contributed by atoms with van der Waals surface area (Å²) >= 11 is 0. The SMILES string of the molecule is CC1(C)O[C@H]2[C@H](O1)[C@H](O)CN(Cc1ccc(OCCCOc3ccc(CN4C[C@@H](O)[C@H]5OC(C)(C)O[C@@H]5[C@H](O)C4)cc3)cc1)C[C@H]2O.Cl.Cl. The van der Waals surface area contributed by atoms with Gasteiger partial charge in [0.15, 0.2) is 11.6 Å². The highest BCUT2D eigenvalue weighted by Crippen LogP contribution is 2.35. The van der Waals surface area contributed by atoms with Crippen LogP contribution < -0.4 is 9.47 Å². The van der Waals surface area contributed by atoms with Crippen LogP contribution in [0.3, 0.4) is 0 Å². The molecule has 4 saturated heterocycles. The van der Waals surface area contributed by atoms with Crippen LogP contribution in [0.4, 0.5) is 0 Å². The van der Waals surface area contributed by atoms with Gasteiger partial charge >= 0.3 is 0 Å². The molecule has 0 aromatic heterocycles. The monoisotopic (exact) mass is 730 g/mol. The van der Waals surface area contributed by atoms with Gasteiger partial charge in [-0.2, -0.15) is 0 Å². The van der Waals surface area contributed by atoms with E-state index in [4.69, 9.17) is 28.4 Å². The first kappa shape index (κ1) is 40.0. The van der Waals surface area contributed by atoms with E-state index < -0.39 is 60.4 Å². The van der Waals surface area contributed by atoms with Crippen molar-refractivity contribution in [2.24, 2.45) is 0 Å². The Morgan fingerprint density at radius 2 is 0.837 bits per heavy atom. The number of hydrogen-bond donors (Lipinski definition) is 4. The maximum absolute atomic E-state index is 10.7. The van der Waals surface area contributed by atoms with Crippen LogP contribution in [0.5, 0.6) is 11.5 Å². The van der Waals surface area contributed by atoms with E-state index >= 15 is 0 Å². The molecule has 0 unspecified atom stereocenters. The number of benzene rings is 2. The van der Waals surface area contributed by atoms with E-state index in [9.17, 15) is 20.4 Å². The van der Waals surface area contributed by atoms with E-state index in [1.165, 1.54) is 0 Å². The normalized spacial score (nSPS) is 32.5. The fourth-order valence-corrected chi connectivity index (χ4v) is 7.04. The number of hydrogen-bond acceptors (Lipinski definition) is 12. The van der Waals surface area contributed by atoms with Crippen molar-refractivity contribution < 1.29 is 48.8 Å². The largest absolute Gasteiger partial charge is 0.493 e. The van der Waals surface area contributed by atoms with E-state index in [2.05, 4.69) is 0 Å². The summed E-state index contributed by atoms with van der Waals surface area (Å²) in [6.07, 6.45) is -4.51. The molecule has 0 aliphatic carbocycles. The molecule has 14 heteroatoms. The first-order chi connectivity index (χ1) is 22.3. The van der Waals surface area contributed by atoms with E-state index in [1.807, 2.05) is 58.3 Å². The third kappa shape index (κ3) is 10.2. The number of likely N-dealkylation sites (tertiary alicyclic amines) is 2. The Hall–Kier alpha value is -1.78. The lowest BCUT2D eigenvalue weighted by Gasteiger charge is -2.26. The number of fused-ring (bicyclic) bond motifs is 2. The summed E-state index contributed by atoms with van der Waals surface area (Å²) in [5.74, 6) is -0.0994. The van der Waals surface area contributed by atoms with Crippen LogP contribution in [0.25, 0.3) is 0 Å². The summed E-state index contributed by atoms with van der Waals surface area (Å²) in [4.78, 5) is 4.04. The molecule has 49 heavy (non-hydrogen) atoms. The first-order valence-electron chi connectivity index (χ1n) is 16.7. The molecule has 0 spiro atoms. The van der Waals surface area contributed by atoms with Crippen molar-refractivity contribution in [3.8, 4) is 11.5 Å². The third-order valence-corrected chi connectivity index (χ3v) is 9.11. The van der Waals surface area contributed by atoms with Crippen molar-refractivity contribution in [1.82, 2.24) is 9.80 Å². The number of nitrogens with zero attached hydrogens (tertiary/aromatic N) is 2. The van der Waals surface area contributed by atoms with Crippen LogP contribution in [0.15, 0.2) is 48.5 Å². The maximum atomic E-state index is 10.7. The quantitative estimate of drug-likeness (QED) is 0.267. The number of rotatable bonds is 10. The van der Waals surface area contributed by atoms with E-state index in [0.717, 1.165) is 22.6 Å². The fraction of sp³-hybridized carbons (Fsp3) is 0.657. The van der Waals surface area contributed by atoms with Gasteiger partial charge in [-0.15, -0.1) is 24.8 Å². The zero-order valence-electron chi connectivity index (χ0n) is 28.6. The van der Waals surface area contributed by atoms with Gasteiger partial charge in [-0.05, 0) is 63.1 Å². The molecule has 4 aliphatic heterocycles. The topological polar surface area (TPSA) is 143 Å². The Kier molecular flexibility index (Phi) is 13.6. The minimum atomic E-state index is -0.815. The smallest absolute Gasteiger partial charge is 0.164 e. The van der Waals surface area contributed by atoms with Crippen molar-refractivity contribution in [3.05, 3.63) is 59.7 Å². The van der Waals surface area contributed by atoms with Gasteiger partial charge in [0, 0.05) is 45.7 Å². The molecule has 4 fully saturated rings. The van der Waals surface area contributed by atoms with Gasteiger partial charge in [-0.1, -0.05) is 24.3 Å². The summed E-state index contributed by atoms with van der Waals surface area (Å²) in [5.41, 5.74) is 2.10. The number of aliphatic hydroxyl groups is 4. The lowest BCUT2D eigenvalue weighted by molar-refractivity contribution is -0.166. The van der Waals surface area contributed by atoms with Gasteiger partial charge in [-0.3, -0.25) is 9.80 Å². The van der Waals surface area contributed by atoms with Crippen LogP contribution in [0.1, 0.15) is 45.2 Å². The highest BCUT2D eigenvalue weighted by atomic mass is 35.5. The van der Waals surface area contributed by atoms with Gasteiger partial charge in [0.2, 0.25) is 0 Å². The molecule has 4 N–H and O–H groups in total. The van der Waals surface area contributed by atoms with Crippen LogP contribution in [0, 0.1) is 0 Å². The molecule has 0 bridgehead atoms. The summed E-state index contributed by atoms with van der Waals surface area (Å²) in [7, 11) is 0. The summed E-state index contributed by atoms with van der Waals surface area (Å²) in [6, 6.07) is 15.7. The van der Waals surface area contributed by atoms with Crippen LogP contribution in [0.2, 0.25) is 0 Å². The summed E-state index contributed by atoms with van der Waals surface area (Å²) in [6.45, 7) is 10.9. The number of β-amino-alcohol motifs (C(OH)–C–C–N with tert-alkyl or cyclic N) is 4. The van der Waals surface area contributed by atoms with Gasteiger partial charge in [0.05, 0.1) is 37.6 Å². The predicted octanol–water partition coefficient (Wildman–Crippen LogP) is 2.49. The van der Waals surface area contributed by atoms with Crippen LogP contribution in [-0.2, 0) is 32.0 Å². The van der Waals surface area contributed by atoms with Crippen LogP contribution in [-0.4, -0.2) is 130 Å². The lowest BCUT2D eigenvalue weighted by Crippen LogP contribution is -2.41. The van der Waals surface area contributed by atoms with Crippen molar-refractivity contribution in [2.75, 3.05) is 39.4 Å². The van der Waals surface area contributed by atoms with Crippen molar-refractivity contribution in [3.63, 3.8) is 0 Å². The molecular formula is C35H52Cl2N2O10. The minimum Gasteiger partial charge on any atom is -0.493 e. The standard InChI is InChI=1S/C35H50N2O10.2ClH/c1-34(2)44-30-26(38)18-36(19-27(39)31(30)45-34)16-22-6-10-24(11-7-22)42-14-5-15-43-25-12-8-23(9-13-25)17-37-20-28(40)32-33(29(41)21-37)47-35(3,4)46-32;;/h6-13,26-33,38-41H,5,14-21H2,1-4H3;2*1H/t26-,27-,28-,29-,30-,31-,32-,33-;;/m1../s1. The van der Waals surface area contributed by atoms with E-state index in [1.54, 1.807) is 27.7 Å². The zero-order valence-corrected chi connectivity index (χ0v) is 30.2. The Labute approximate surface area is 301 Å². The van der Waals surface area contributed by atoms with Crippen molar-refractivity contribution >= 4 is 24.8 Å². The predicted molar refractivity (Wildman–Crippen MR) is 185 cm³/mol. The Balaban J connectivity index is 0.00000270. The average molecular weight is 732 g/mol. The summed E-state index contributed by atoms with van der Waals surface area (Å²) < 4.78 is 35.3. The molecule has 2 aromatic carbocycles. The van der Waals surface area contributed by atoms with E-state index in [-0.39, 0.29) is 24.8 Å². The Morgan fingerprint density at radius 1 is 0.551 bits per heavy atom. The van der Waals surface area contributed by atoms with Gasteiger partial charge < -0.3 is 48.8 Å². The van der Waals surface area contributed by atoms with Gasteiger partial charge in [-0.25, -0.2) is 0 Å². The molecular weight excluding hydrogens is 679 g/mol. The van der Waals surface area contributed by atoms with Crippen molar-refractivity contribution in [2.45, 2.75) is 108 Å². The number of halogens is 2.